The maximum Gasteiger partial charge on any atom is 0.0299 e. The lowest BCUT2D eigenvalue weighted by molar-refractivity contribution is 0.267. The van der Waals surface area contributed by atoms with Crippen LogP contribution in [0.5, 0.6) is 0 Å². The summed E-state index contributed by atoms with van der Waals surface area (Å²) in [6.07, 6.45) is 2.56. The third-order valence-electron chi connectivity index (χ3n) is 4.30. The summed E-state index contributed by atoms with van der Waals surface area (Å²) >= 11 is 1.95. The number of nitrogens with zero attached hydrogens (tertiary/aromatic N) is 2. The fourth-order valence-corrected chi connectivity index (χ4v) is 4.21. The van der Waals surface area contributed by atoms with E-state index in [2.05, 4.69) is 49.1 Å². The molecule has 1 aromatic heterocycles. The highest BCUT2D eigenvalue weighted by molar-refractivity contribution is 7.12. The fraction of sp³-hybridized carbons (Fsp3) is 0.765. The first kappa shape index (κ1) is 16.9. The second-order valence-corrected chi connectivity index (χ2v) is 7.93. The van der Waals surface area contributed by atoms with E-state index in [1.54, 1.807) is 0 Å². The smallest absolute Gasteiger partial charge is 0.0299 e. The van der Waals surface area contributed by atoms with E-state index in [9.17, 15) is 0 Å². The van der Waals surface area contributed by atoms with E-state index in [4.69, 9.17) is 0 Å². The van der Waals surface area contributed by atoms with Gasteiger partial charge in [0, 0.05) is 35.9 Å². The number of hydrogen-bond donors (Lipinski definition) is 1. The van der Waals surface area contributed by atoms with E-state index in [1.165, 1.54) is 47.8 Å². The number of nitrogens with one attached hydrogen (secondary N) is 1. The molecule has 1 fully saturated rings. The molecule has 0 spiro atoms. The maximum atomic E-state index is 3.50. The van der Waals surface area contributed by atoms with Crippen LogP contribution in [0.15, 0.2) is 6.07 Å². The highest BCUT2D eigenvalue weighted by atomic mass is 32.1. The molecule has 1 saturated heterocycles. The highest BCUT2D eigenvalue weighted by Crippen LogP contribution is 2.23. The monoisotopic (exact) mass is 309 g/mol. The summed E-state index contributed by atoms with van der Waals surface area (Å²) in [5.41, 5.74) is 1.52. The van der Waals surface area contributed by atoms with Gasteiger partial charge in [-0.3, -0.25) is 0 Å². The average molecular weight is 310 g/mol. The number of thiophene rings is 1. The molecule has 1 atom stereocenters. The molecule has 1 aliphatic rings. The van der Waals surface area contributed by atoms with Crippen LogP contribution in [0.4, 0.5) is 0 Å². The van der Waals surface area contributed by atoms with Crippen LogP contribution in [-0.4, -0.2) is 50.1 Å². The molecule has 120 valence electrons. The molecule has 1 aromatic rings. The van der Waals surface area contributed by atoms with Gasteiger partial charge >= 0.3 is 0 Å². The summed E-state index contributed by atoms with van der Waals surface area (Å²) in [6, 6.07) is 2.40. The zero-order valence-corrected chi connectivity index (χ0v) is 14.9. The van der Waals surface area contributed by atoms with Crippen molar-refractivity contribution < 1.29 is 0 Å². The van der Waals surface area contributed by atoms with Crippen molar-refractivity contribution in [2.45, 2.75) is 39.8 Å². The molecule has 1 unspecified atom stereocenters. The molecule has 0 bridgehead atoms. The van der Waals surface area contributed by atoms with E-state index in [-0.39, 0.29) is 0 Å². The van der Waals surface area contributed by atoms with Gasteiger partial charge in [-0.15, -0.1) is 11.3 Å². The Morgan fingerprint density at radius 1 is 1.48 bits per heavy atom. The van der Waals surface area contributed by atoms with Crippen LogP contribution in [0.3, 0.4) is 0 Å². The third kappa shape index (κ3) is 5.37. The Morgan fingerprint density at radius 2 is 2.29 bits per heavy atom. The Labute approximate surface area is 134 Å². The molecule has 0 saturated carbocycles. The predicted octanol–water partition coefficient (Wildman–Crippen LogP) is 2.94. The van der Waals surface area contributed by atoms with Crippen LogP contribution in [0.25, 0.3) is 0 Å². The molecule has 0 radical (unpaired) electrons. The summed E-state index contributed by atoms with van der Waals surface area (Å²) in [6.45, 7) is 11.5. The van der Waals surface area contributed by atoms with Crippen LogP contribution in [0.1, 0.15) is 35.1 Å². The van der Waals surface area contributed by atoms with Crippen molar-refractivity contribution in [2.75, 3.05) is 40.3 Å². The van der Waals surface area contributed by atoms with Crippen LogP contribution < -0.4 is 5.32 Å². The minimum atomic E-state index is 0.852. The second kappa shape index (κ2) is 8.28. The number of rotatable bonds is 8. The minimum Gasteiger partial charge on any atom is -0.312 e. The molecule has 2 rings (SSSR count). The molecular weight excluding hydrogens is 278 g/mol. The van der Waals surface area contributed by atoms with Crippen molar-refractivity contribution in [3.05, 3.63) is 21.4 Å². The summed E-state index contributed by atoms with van der Waals surface area (Å²) in [5.74, 6) is 0.852. The molecule has 1 N–H and O–H groups in total. The lowest BCUT2D eigenvalue weighted by Crippen LogP contribution is -2.27. The lowest BCUT2D eigenvalue weighted by Gasteiger charge is -2.20. The number of hydrogen-bond acceptors (Lipinski definition) is 4. The molecule has 0 aliphatic carbocycles. The molecule has 2 heterocycles. The van der Waals surface area contributed by atoms with Crippen molar-refractivity contribution in [2.24, 2.45) is 5.92 Å². The van der Waals surface area contributed by atoms with Crippen molar-refractivity contribution in [3.8, 4) is 0 Å². The molecule has 0 amide bonds. The zero-order chi connectivity index (χ0) is 15.2. The Hall–Kier alpha value is -0.420. The quantitative estimate of drug-likeness (QED) is 0.745. The van der Waals surface area contributed by atoms with E-state index in [0.717, 1.165) is 25.6 Å². The Bertz CT molecular complexity index is 430. The van der Waals surface area contributed by atoms with Gasteiger partial charge in [-0.05, 0) is 64.5 Å². The van der Waals surface area contributed by atoms with Gasteiger partial charge in [0.25, 0.3) is 0 Å². The molecule has 21 heavy (non-hydrogen) atoms. The van der Waals surface area contributed by atoms with Crippen molar-refractivity contribution >= 4 is 11.3 Å². The van der Waals surface area contributed by atoms with Gasteiger partial charge in [0.2, 0.25) is 0 Å². The van der Waals surface area contributed by atoms with Crippen LogP contribution >= 0.6 is 11.3 Å². The van der Waals surface area contributed by atoms with Gasteiger partial charge in [-0.25, -0.2) is 0 Å². The maximum absolute atomic E-state index is 3.50. The fourth-order valence-electron chi connectivity index (χ4n) is 3.19. The van der Waals surface area contributed by atoms with Gasteiger partial charge in [-0.2, -0.15) is 0 Å². The van der Waals surface area contributed by atoms with Crippen molar-refractivity contribution in [3.63, 3.8) is 0 Å². The Kier molecular flexibility index (Phi) is 6.68. The molecule has 1 aliphatic heterocycles. The zero-order valence-electron chi connectivity index (χ0n) is 14.1. The number of aryl methyl sites for hydroxylation is 1. The first-order valence-corrected chi connectivity index (χ1v) is 9.06. The third-order valence-corrected chi connectivity index (χ3v) is 5.39. The van der Waals surface area contributed by atoms with Crippen LogP contribution in [-0.2, 0) is 13.1 Å². The standard InChI is InChI=1S/C17H31N3S/c1-5-7-18-10-17-9-16(14(2)21-17)13-20(4)12-15-6-8-19(3)11-15/h9,15,18H,5-8,10-13H2,1-4H3. The average Bonchev–Trinajstić information content (AvgIpc) is 2.97. The Balaban J connectivity index is 1.81. The predicted molar refractivity (Wildman–Crippen MR) is 93.0 cm³/mol. The second-order valence-electron chi connectivity index (χ2n) is 6.58. The van der Waals surface area contributed by atoms with E-state index in [1.807, 2.05) is 11.3 Å². The SMILES string of the molecule is CCCNCc1cc(CN(C)CC2CCN(C)C2)c(C)s1. The summed E-state index contributed by atoms with van der Waals surface area (Å²) in [7, 11) is 4.50. The van der Waals surface area contributed by atoms with Gasteiger partial charge in [0.15, 0.2) is 0 Å². The summed E-state index contributed by atoms with van der Waals surface area (Å²) in [5, 5.41) is 3.50. The van der Waals surface area contributed by atoms with E-state index < -0.39 is 0 Å². The van der Waals surface area contributed by atoms with Crippen molar-refractivity contribution in [1.29, 1.82) is 0 Å². The van der Waals surface area contributed by atoms with Gasteiger partial charge in [0.05, 0.1) is 0 Å². The first-order valence-electron chi connectivity index (χ1n) is 8.24. The Morgan fingerprint density at radius 3 is 2.95 bits per heavy atom. The van der Waals surface area contributed by atoms with Gasteiger partial charge in [0.1, 0.15) is 0 Å². The summed E-state index contributed by atoms with van der Waals surface area (Å²) < 4.78 is 0. The minimum absolute atomic E-state index is 0.852. The topological polar surface area (TPSA) is 18.5 Å². The molecule has 3 nitrogen and oxygen atoms in total. The highest BCUT2D eigenvalue weighted by Gasteiger charge is 2.21. The first-order chi connectivity index (χ1) is 10.1. The van der Waals surface area contributed by atoms with E-state index >= 15 is 0 Å². The molecular formula is C17H31N3S. The number of likely N-dealkylation sites (tertiary alicyclic amines) is 1. The summed E-state index contributed by atoms with van der Waals surface area (Å²) in [4.78, 5) is 7.91. The van der Waals surface area contributed by atoms with Gasteiger partial charge < -0.3 is 15.1 Å². The van der Waals surface area contributed by atoms with Crippen molar-refractivity contribution in [1.82, 2.24) is 15.1 Å². The van der Waals surface area contributed by atoms with Gasteiger partial charge in [-0.1, -0.05) is 6.92 Å². The van der Waals surface area contributed by atoms with Crippen LogP contribution in [0, 0.1) is 12.8 Å². The molecule has 0 aromatic carbocycles. The van der Waals surface area contributed by atoms with E-state index in [0.29, 0.717) is 0 Å². The largest absolute Gasteiger partial charge is 0.312 e. The molecule has 4 heteroatoms. The van der Waals surface area contributed by atoms with Crippen LogP contribution in [0.2, 0.25) is 0 Å². The normalized spacial score (nSPS) is 19.8. The lowest BCUT2D eigenvalue weighted by atomic mass is 10.1.